The Kier molecular flexibility index (Phi) is 5.64. The first-order valence-electron chi connectivity index (χ1n) is 10.1. The lowest BCUT2D eigenvalue weighted by Crippen LogP contribution is -2.35. The first-order valence-corrected chi connectivity index (χ1v) is 10.1. The number of anilines is 1. The predicted octanol–water partition coefficient (Wildman–Crippen LogP) is 4.08. The summed E-state index contributed by atoms with van der Waals surface area (Å²) in [6, 6.07) is 10.3. The molecule has 0 amide bonds. The Morgan fingerprint density at radius 2 is 1.77 bits per heavy atom. The SMILES string of the molecule is Cc1ccc(CN2CCC(CNc3cc(C)nc4nc(C(F)(F)F)nn34)CC2)cc1. The maximum absolute atomic E-state index is 13.0. The van der Waals surface area contributed by atoms with Gasteiger partial charge in [0.2, 0.25) is 0 Å². The molecule has 30 heavy (non-hydrogen) atoms. The van der Waals surface area contributed by atoms with Gasteiger partial charge in [0.25, 0.3) is 11.6 Å². The third kappa shape index (κ3) is 4.72. The van der Waals surface area contributed by atoms with Crippen molar-refractivity contribution in [1.82, 2.24) is 24.5 Å². The van der Waals surface area contributed by atoms with Crippen LogP contribution in [-0.2, 0) is 12.7 Å². The van der Waals surface area contributed by atoms with Gasteiger partial charge in [-0.15, -0.1) is 5.10 Å². The first kappa shape index (κ1) is 20.6. The number of halogens is 3. The maximum atomic E-state index is 13.0. The molecule has 2 aromatic heterocycles. The van der Waals surface area contributed by atoms with E-state index in [-0.39, 0.29) is 5.78 Å². The number of rotatable bonds is 5. The standard InChI is InChI=1S/C21H25F3N6/c1-14-3-5-17(6-4-14)13-29-9-7-16(8-10-29)12-25-18-11-15(2)26-20-27-19(21(22,23)24)28-30(18)20/h3-6,11,16,25H,7-10,12-13H2,1-2H3. The predicted molar refractivity (Wildman–Crippen MR) is 108 cm³/mol. The molecule has 0 spiro atoms. The van der Waals surface area contributed by atoms with Gasteiger partial charge in [0.1, 0.15) is 5.82 Å². The number of fused-ring (bicyclic) bond motifs is 1. The van der Waals surface area contributed by atoms with Crippen LogP contribution in [0.25, 0.3) is 5.78 Å². The number of benzene rings is 1. The Morgan fingerprint density at radius 1 is 1.07 bits per heavy atom. The Morgan fingerprint density at radius 3 is 2.43 bits per heavy atom. The van der Waals surface area contributed by atoms with Crippen molar-refractivity contribution >= 4 is 11.6 Å². The quantitative estimate of drug-likeness (QED) is 0.677. The summed E-state index contributed by atoms with van der Waals surface area (Å²) >= 11 is 0. The van der Waals surface area contributed by atoms with E-state index in [1.165, 1.54) is 11.1 Å². The third-order valence-corrected chi connectivity index (χ3v) is 5.50. The van der Waals surface area contributed by atoms with Crippen LogP contribution in [0.3, 0.4) is 0 Å². The van der Waals surface area contributed by atoms with Crippen LogP contribution in [0.2, 0.25) is 0 Å². The lowest BCUT2D eigenvalue weighted by Gasteiger charge is -2.32. The lowest BCUT2D eigenvalue weighted by atomic mass is 9.96. The summed E-state index contributed by atoms with van der Waals surface area (Å²) in [5, 5.41) is 6.87. The molecule has 1 N–H and O–H groups in total. The molecule has 1 aromatic carbocycles. The van der Waals surface area contributed by atoms with Crippen molar-refractivity contribution in [2.45, 2.75) is 39.4 Å². The fourth-order valence-corrected chi connectivity index (χ4v) is 3.78. The average molecular weight is 418 g/mol. The van der Waals surface area contributed by atoms with Gasteiger partial charge in [-0.2, -0.15) is 22.7 Å². The van der Waals surface area contributed by atoms with Crippen molar-refractivity contribution in [3.63, 3.8) is 0 Å². The second-order valence-corrected chi connectivity index (χ2v) is 8.01. The molecule has 1 fully saturated rings. The van der Waals surface area contributed by atoms with Crippen molar-refractivity contribution in [2.75, 3.05) is 25.0 Å². The van der Waals surface area contributed by atoms with E-state index in [4.69, 9.17) is 0 Å². The Labute approximate surface area is 173 Å². The third-order valence-electron chi connectivity index (χ3n) is 5.50. The summed E-state index contributed by atoms with van der Waals surface area (Å²) in [6.45, 7) is 7.46. The topological polar surface area (TPSA) is 58.3 Å². The molecular formula is C21H25F3N6. The number of alkyl halides is 3. The second kappa shape index (κ2) is 8.22. The molecule has 0 unspecified atom stereocenters. The number of piperidine rings is 1. The number of nitrogens with one attached hydrogen (secondary N) is 1. The summed E-state index contributed by atoms with van der Waals surface area (Å²) < 4.78 is 40.0. The van der Waals surface area contributed by atoms with Crippen LogP contribution in [0.5, 0.6) is 0 Å². The molecule has 0 atom stereocenters. The molecule has 0 aliphatic carbocycles. The molecule has 1 aliphatic rings. The van der Waals surface area contributed by atoms with E-state index in [0.717, 1.165) is 37.0 Å². The van der Waals surface area contributed by atoms with Gasteiger partial charge >= 0.3 is 6.18 Å². The van der Waals surface area contributed by atoms with Gasteiger partial charge in [-0.25, -0.2) is 4.98 Å². The van der Waals surface area contributed by atoms with Gasteiger partial charge in [0.15, 0.2) is 0 Å². The van der Waals surface area contributed by atoms with Gasteiger partial charge in [0, 0.05) is 24.8 Å². The monoisotopic (exact) mass is 418 g/mol. The average Bonchev–Trinajstić information content (AvgIpc) is 3.13. The van der Waals surface area contributed by atoms with Crippen LogP contribution in [-0.4, -0.2) is 44.1 Å². The number of likely N-dealkylation sites (tertiary alicyclic amines) is 1. The van der Waals surface area contributed by atoms with Crippen LogP contribution < -0.4 is 5.32 Å². The van der Waals surface area contributed by atoms with Crippen molar-refractivity contribution < 1.29 is 13.2 Å². The fourth-order valence-electron chi connectivity index (χ4n) is 3.78. The number of hydrogen-bond donors (Lipinski definition) is 1. The Bertz CT molecular complexity index is 1000. The highest BCUT2D eigenvalue weighted by Crippen LogP contribution is 2.27. The molecule has 4 rings (SSSR count). The summed E-state index contributed by atoms with van der Waals surface area (Å²) in [7, 11) is 0. The number of nitrogens with zero attached hydrogens (tertiary/aromatic N) is 5. The molecule has 3 heterocycles. The Balaban J connectivity index is 1.36. The van der Waals surface area contributed by atoms with Crippen molar-refractivity contribution in [1.29, 1.82) is 0 Å². The van der Waals surface area contributed by atoms with Crippen molar-refractivity contribution in [3.05, 3.63) is 53.0 Å². The summed E-state index contributed by atoms with van der Waals surface area (Å²) in [6.07, 6.45) is -2.52. The van der Waals surface area contributed by atoms with E-state index < -0.39 is 12.0 Å². The molecule has 0 bridgehead atoms. The largest absolute Gasteiger partial charge is 0.453 e. The number of aryl methyl sites for hydroxylation is 2. The Hall–Kier alpha value is -2.68. The zero-order valence-corrected chi connectivity index (χ0v) is 17.1. The second-order valence-electron chi connectivity index (χ2n) is 8.01. The molecule has 0 radical (unpaired) electrons. The maximum Gasteiger partial charge on any atom is 0.453 e. The summed E-state index contributed by atoms with van der Waals surface area (Å²) in [4.78, 5) is 10.0. The van der Waals surface area contributed by atoms with Crippen LogP contribution in [0.1, 0.15) is 35.5 Å². The highest BCUT2D eigenvalue weighted by atomic mass is 19.4. The van der Waals surface area contributed by atoms with Gasteiger partial charge in [-0.3, -0.25) is 4.90 Å². The highest BCUT2D eigenvalue weighted by Gasteiger charge is 2.37. The minimum atomic E-state index is -4.59. The van der Waals surface area contributed by atoms with Gasteiger partial charge in [-0.1, -0.05) is 29.8 Å². The van der Waals surface area contributed by atoms with Crippen LogP contribution in [0.4, 0.5) is 19.0 Å². The molecule has 6 nitrogen and oxygen atoms in total. The molecule has 1 aliphatic heterocycles. The van der Waals surface area contributed by atoms with E-state index >= 15 is 0 Å². The minimum absolute atomic E-state index is 0.0438. The van der Waals surface area contributed by atoms with Gasteiger partial charge in [-0.05, 0) is 51.3 Å². The highest BCUT2D eigenvalue weighted by molar-refractivity contribution is 5.45. The van der Waals surface area contributed by atoms with Gasteiger partial charge < -0.3 is 5.32 Å². The van der Waals surface area contributed by atoms with Crippen LogP contribution in [0.15, 0.2) is 30.3 Å². The van der Waals surface area contributed by atoms with E-state index in [2.05, 4.69) is 56.5 Å². The zero-order chi connectivity index (χ0) is 21.3. The summed E-state index contributed by atoms with van der Waals surface area (Å²) in [5.41, 5.74) is 3.18. The normalized spacial score (nSPS) is 16.3. The van der Waals surface area contributed by atoms with Gasteiger partial charge in [0.05, 0.1) is 0 Å². The number of hydrogen-bond acceptors (Lipinski definition) is 5. The minimum Gasteiger partial charge on any atom is -0.370 e. The van der Waals surface area contributed by atoms with Crippen LogP contribution >= 0.6 is 0 Å². The van der Waals surface area contributed by atoms with Crippen molar-refractivity contribution in [3.8, 4) is 0 Å². The van der Waals surface area contributed by atoms with E-state index in [1.807, 2.05) is 0 Å². The molecule has 3 aromatic rings. The van der Waals surface area contributed by atoms with Crippen LogP contribution in [0, 0.1) is 19.8 Å². The van der Waals surface area contributed by atoms with E-state index in [9.17, 15) is 13.2 Å². The van der Waals surface area contributed by atoms with Crippen molar-refractivity contribution in [2.24, 2.45) is 5.92 Å². The van der Waals surface area contributed by atoms with E-state index in [1.54, 1.807) is 13.0 Å². The molecule has 9 heteroatoms. The first-order chi connectivity index (χ1) is 14.3. The summed E-state index contributed by atoms with van der Waals surface area (Å²) in [5.74, 6) is -0.276. The lowest BCUT2D eigenvalue weighted by molar-refractivity contribution is -0.144. The zero-order valence-electron chi connectivity index (χ0n) is 17.1. The number of aromatic nitrogens is 4. The fraction of sp³-hybridized carbons (Fsp3) is 0.476. The molecule has 0 saturated carbocycles. The molecule has 160 valence electrons. The molecule has 1 saturated heterocycles. The smallest absolute Gasteiger partial charge is 0.370 e. The van der Waals surface area contributed by atoms with E-state index in [0.29, 0.717) is 24.0 Å². The molecular weight excluding hydrogens is 393 g/mol.